The molecule has 1 unspecified atom stereocenters. The first kappa shape index (κ1) is 17.2. The normalized spacial score (nSPS) is 11.8. The van der Waals surface area contributed by atoms with Crippen LogP contribution in [0.3, 0.4) is 0 Å². The Balaban J connectivity index is 2.62. The molecule has 1 aromatic carbocycles. The minimum absolute atomic E-state index is 0.330. The van der Waals surface area contributed by atoms with Crippen molar-refractivity contribution in [2.24, 2.45) is 5.92 Å². The van der Waals surface area contributed by atoms with Gasteiger partial charge in [-0.3, -0.25) is 0 Å². The molecule has 0 fully saturated rings. The molecule has 0 saturated carbocycles. The van der Waals surface area contributed by atoms with Gasteiger partial charge < -0.3 is 9.47 Å². The van der Waals surface area contributed by atoms with Crippen LogP contribution < -0.4 is 0 Å². The summed E-state index contributed by atoms with van der Waals surface area (Å²) in [6, 6.07) is 6.46. The predicted octanol–water partition coefficient (Wildman–Crippen LogP) is 3.85. The van der Waals surface area contributed by atoms with E-state index in [0.717, 1.165) is 19.3 Å². The fourth-order valence-electron chi connectivity index (χ4n) is 1.58. The number of esters is 2. The van der Waals surface area contributed by atoms with Gasteiger partial charge in [-0.05, 0) is 30.5 Å². The summed E-state index contributed by atoms with van der Waals surface area (Å²) in [7, 11) is 0. The van der Waals surface area contributed by atoms with E-state index >= 15 is 0 Å². The molecule has 4 heteroatoms. The molecule has 0 aromatic heterocycles. The molecular formula is C17H24O4. The molecule has 1 atom stereocenters. The zero-order chi connectivity index (χ0) is 15.7. The van der Waals surface area contributed by atoms with Crippen molar-refractivity contribution in [2.75, 3.05) is 13.2 Å². The second-order valence-electron chi connectivity index (χ2n) is 5.18. The van der Waals surface area contributed by atoms with Crippen LogP contribution in [-0.4, -0.2) is 25.2 Å². The van der Waals surface area contributed by atoms with Gasteiger partial charge in [0.05, 0.1) is 24.3 Å². The number of carbonyl (C=O) groups is 2. The third kappa shape index (κ3) is 5.98. The fraction of sp³-hybridized carbons (Fsp3) is 0.529. The molecule has 1 rings (SSSR count). The highest BCUT2D eigenvalue weighted by atomic mass is 16.5. The minimum Gasteiger partial charge on any atom is -0.462 e. The third-order valence-electron chi connectivity index (χ3n) is 3.26. The highest BCUT2D eigenvalue weighted by molar-refractivity contribution is 5.95. The van der Waals surface area contributed by atoms with Gasteiger partial charge in [0.15, 0.2) is 0 Å². The zero-order valence-electron chi connectivity index (χ0n) is 13.1. The number of hydrogen-bond acceptors (Lipinski definition) is 4. The first-order chi connectivity index (χ1) is 10.1. The molecule has 0 aliphatic rings. The maximum Gasteiger partial charge on any atom is 0.338 e. The van der Waals surface area contributed by atoms with Gasteiger partial charge in [-0.2, -0.15) is 0 Å². The Morgan fingerprint density at radius 2 is 1.71 bits per heavy atom. The number of carbonyl (C=O) groups excluding carboxylic acids is 2. The van der Waals surface area contributed by atoms with Crippen molar-refractivity contribution in [1.29, 1.82) is 0 Å². The van der Waals surface area contributed by atoms with Gasteiger partial charge in [-0.1, -0.05) is 39.7 Å². The molecule has 0 radical (unpaired) electrons. The molecule has 4 nitrogen and oxygen atoms in total. The lowest BCUT2D eigenvalue weighted by molar-refractivity contribution is 0.0447. The lowest BCUT2D eigenvalue weighted by Gasteiger charge is -2.10. The van der Waals surface area contributed by atoms with Crippen molar-refractivity contribution in [3.8, 4) is 0 Å². The van der Waals surface area contributed by atoms with Gasteiger partial charge in [0.25, 0.3) is 0 Å². The average Bonchev–Trinajstić information content (AvgIpc) is 2.52. The van der Waals surface area contributed by atoms with Gasteiger partial charge in [0, 0.05) is 0 Å². The molecule has 0 bridgehead atoms. The van der Waals surface area contributed by atoms with Crippen molar-refractivity contribution < 1.29 is 19.1 Å². The van der Waals surface area contributed by atoms with Crippen LogP contribution in [0.2, 0.25) is 0 Å². The summed E-state index contributed by atoms with van der Waals surface area (Å²) in [4.78, 5) is 23.8. The summed E-state index contributed by atoms with van der Waals surface area (Å²) in [5.74, 6) is -0.477. The number of benzene rings is 1. The number of rotatable bonds is 8. The molecular weight excluding hydrogens is 268 g/mol. The van der Waals surface area contributed by atoms with E-state index in [4.69, 9.17) is 9.47 Å². The van der Waals surface area contributed by atoms with Crippen LogP contribution in [0.25, 0.3) is 0 Å². The van der Waals surface area contributed by atoms with Gasteiger partial charge >= 0.3 is 11.9 Å². The van der Waals surface area contributed by atoms with Crippen molar-refractivity contribution in [1.82, 2.24) is 0 Å². The summed E-state index contributed by atoms with van der Waals surface area (Å²) < 4.78 is 10.4. The van der Waals surface area contributed by atoms with E-state index in [1.807, 2.05) is 20.8 Å². The Hall–Kier alpha value is -1.84. The van der Waals surface area contributed by atoms with E-state index in [1.54, 1.807) is 18.2 Å². The van der Waals surface area contributed by atoms with Crippen LogP contribution >= 0.6 is 0 Å². The van der Waals surface area contributed by atoms with Crippen LogP contribution in [0.1, 0.15) is 60.7 Å². The van der Waals surface area contributed by atoms with E-state index in [1.165, 1.54) is 6.07 Å². The lowest BCUT2D eigenvalue weighted by atomic mass is 10.1. The first-order valence-corrected chi connectivity index (χ1v) is 7.52. The van der Waals surface area contributed by atoms with Gasteiger partial charge in [0.2, 0.25) is 0 Å². The lowest BCUT2D eigenvalue weighted by Crippen LogP contribution is -2.13. The minimum atomic E-state index is -0.404. The molecule has 0 aliphatic carbocycles. The summed E-state index contributed by atoms with van der Waals surface area (Å²) in [5.41, 5.74) is 0.757. The maximum atomic E-state index is 11.9. The Labute approximate surface area is 126 Å². The SMILES string of the molecule is CCCCOC(=O)c1cccc(C(=O)OCC(C)CC)c1. The average molecular weight is 292 g/mol. The molecule has 1 aromatic rings. The van der Waals surface area contributed by atoms with Crippen LogP contribution in [0.4, 0.5) is 0 Å². The molecule has 0 N–H and O–H groups in total. The van der Waals surface area contributed by atoms with Crippen molar-refractivity contribution in [2.45, 2.75) is 40.0 Å². The standard InChI is InChI=1S/C17H24O4/c1-4-6-10-20-16(18)14-8-7-9-15(11-14)17(19)21-12-13(3)5-2/h7-9,11,13H,4-6,10,12H2,1-3H3. The molecule has 0 saturated heterocycles. The smallest absolute Gasteiger partial charge is 0.338 e. The third-order valence-corrected chi connectivity index (χ3v) is 3.26. The summed E-state index contributed by atoms with van der Waals surface area (Å²) in [5, 5.41) is 0. The van der Waals surface area contributed by atoms with E-state index in [9.17, 15) is 9.59 Å². The monoisotopic (exact) mass is 292 g/mol. The molecule has 0 aliphatic heterocycles. The first-order valence-electron chi connectivity index (χ1n) is 7.52. The molecule has 116 valence electrons. The van der Waals surface area contributed by atoms with Crippen LogP contribution in [-0.2, 0) is 9.47 Å². The predicted molar refractivity (Wildman–Crippen MR) is 81.4 cm³/mol. The van der Waals surface area contributed by atoms with E-state index < -0.39 is 11.9 Å². The van der Waals surface area contributed by atoms with Gasteiger partial charge in [-0.25, -0.2) is 9.59 Å². The second-order valence-corrected chi connectivity index (χ2v) is 5.18. The summed E-state index contributed by atoms with van der Waals surface area (Å²) in [6.07, 6.45) is 2.76. The highest BCUT2D eigenvalue weighted by Crippen LogP contribution is 2.10. The topological polar surface area (TPSA) is 52.6 Å². The Morgan fingerprint density at radius 1 is 1.10 bits per heavy atom. The van der Waals surface area contributed by atoms with Crippen LogP contribution in [0.5, 0.6) is 0 Å². The van der Waals surface area contributed by atoms with E-state index in [-0.39, 0.29) is 0 Å². The quantitative estimate of drug-likeness (QED) is 0.539. The fourth-order valence-corrected chi connectivity index (χ4v) is 1.58. The van der Waals surface area contributed by atoms with Crippen molar-refractivity contribution in [3.05, 3.63) is 35.4 Å². The Morgan fingerprint density at radius 3 is 2.29 bits per heavy atom. The summed E-state index contributed by atoms with van der Waals surface area (Å²) >= 11 is 0. The zero-order valence-corrected chi connectivity index (χ0v) is 13.1. The maximum absolute atomic E-state index is 11.9. The highest BCUT2D eigenvalue weighted by Gasteiger charge is 2.13. The molecule has 21 heavy (non-hydrogen) atoms. The number of unbranched alkanes of at least 4 members (excludes halogenated alkanes) is 1. The van der Waals surface area contributed by atoms with Crippen LogP contribution in [0, 0.1) is 5.92 Å². The summed E-state index contributed by atoms with van der Waals surface area (Å²) in [6.45, 7) is 6.89. The molecule has 0 heterocycles. The Kier molecular flexibility index (Phi) is 7.51. The van der Waals surface area contributed by atoms with Gasteiger partial charge in [0.1, 0.15) is 0 Å². The van der Waals surface area contributed by atoms with Crippen molar-refractivity contribution >= 4 is 11.9 Å². The second kappa shape index (κ2) is 9.16. The van der Waals surface area contributed by atoms with Crippen molar-refractivity contribution in [3.63, 3.8) is 0 Å². The van der Waals surface area contributed by atoms with Gasteiger partial charge in [-0.15, -0.1) is 0 Å². The Bertz CT molecular complexity index is 468. The van der Waals surface area contributed by atoms with Crippen LogP contribution in [0.15, 0.2) is 24.3 Å². The molecule has 0 amide bonds. The number of ether oxygens (including phenoxy) is 2. The molecule has 0 spiro atoms. The largest absolute Gasteiger partial charge is 0.462 e. The number of hydrogen-bond donors (Lipinski definition) is 0. The van der Waals surface area contributed by atoms with E-state index in [0.29, 0.717) is 30.3 Å². The van der Waals surface area contributed by atoms with E-state index in [2.05, 4.69) is 0 Å².